The maximum Gasteiger partial charge on any atom is 0.256 e. The third-order valence-corrected chi connectivity index (χ3v) is 5.06. The summed E-state index contributed by atoms with van der Waals surface area (Å²) in [5, 5.41) is 4.03. The van der Waals surface area contributed by atoms with Gasteiger partial charge in [-0.2, -0.15) is 0 Å². The van der Waals surface area contributed by atoms with Gasteiger partial charge in [-0.1, -0.05) is 28.1 Å². The molecule has 1 fully saturated rings. The predicted octanol–water partition coefficient (Wildman–Crippen LogP) is 3.69. The summed E-state index contributed by atoms with van der Waals surface area (Å²) in [5.74, 6) is 0. The second kappa shape index (κ2) is 5.52. The molecule has 0 bridgehead atoms. The van der Waals surface area contributed by atoms with Crippen LogP contribution in [0.15, 0.2) is 45.8 Å². The standard InChI is InChI=1S/C18H17BrN2O/c19-14-2-3-15-12(5-9-21-7-1-8-21)10-13-4-6-20-18(22)17(13)16(15)11-14/h2-4,6,10-11H,1,5,7-9H2,(H,20,22). The van der Waals surface area contributed by atoms with Crippen molar-refractivity contribution in [3.63, 3.8) is 0 Å². The fourth-order valence-electron chi connectivity index (χ4n) is 3.25. The van der Waals surface area contributed by atoms with Crippen LogP contribution in [0.3, 0.4) is 0 Å². The first kappa shape index (κ1) is 14.0. The highest BCUT2D eigenvalue weighted by Gasteiger charge is 2.15. The molecule has 0 amide bonds. The van der Waals surface area contributed by atoms with Gasteiger partial charge in [0.2, 0.25) is 0 Å². The van der Waals surface area contributed by atoms with Crippen LogP contribution in [0.5, 0.6) is 0 Å². The van der Waals surface area contributed by atoms with Gasteiger partial charge in [0.15, 0.2) is 0 Å². The van der Waals surface area contributed by atoms with Crippen LogP contribution in [0.1, 0.15) is 12.0 Å². The van der Waals surface area contributed by atoms with Crippen molar-refractivity contribution in [3.05, 3.63) is 56.9 Å². The van der Waals surface area contributed by atoms with E-state index in [-0.39, 0.29) is 5.56 Å². The summed E-state index contributed by atoms with van der Waals surface area (Å²) in [7, 11) is 0. The van der Waals surface area contributed by atoms with Gasteiger partial charge in [-0.05, 0) is 65.9 Å². The van der Waals surface area contributed by atoms with Crippen LogP contribution in [0.25, 0.3) is 21.5 Å². The van der Waals surface area contributed by atoms with Crippen molar-refractivity contribution in [1.29, 1.82) is 0 Å². The molecule has 0 atom stereocenters. The Kier molecular flexibility index (Phi) is 3.51. The molecule has 3 aromatic rings. The molecule has 0 radical (unpaired) electrons. The van der Waals surface area contributed by atoms with Crippen LogP contribution < -0.4 is 5.56 Å². The van der Waals surface area contributed by atoms with Crippen molar-refractivity contribution in [2.45, 2.75) is 12.8 Å². The number of hydrogen-bond acceptors (Lipinski definition) is 2. The highest BCUT2D eigenvalue weighted by molar-refractivity contribution is 9.10. The molecule has 1 saturated heterocycles. The second-order valence-electron chi connectivity index (χ2n) is 5.94. The molecule has 0 aliphatic carbocycles. The maximum atomic E-state index is 12.3. The molecule has 1 aromatic heterocycles. The summed E-state index contributed by atoms with van der Waals surface area (Å²) in [6, 6.07) is 10.4. The fourth-order valence-corrected chi connectivity index (χ4v) is 3.61. The lowest BCUT2D eigenvalue weighted by Gasteiger charge is -2.30. The van der Waals surface area contributed by atoms with Gasteiger partial charge in [0, 0.05) is 17.2 Å². The number of benzene rings is 2. The molecule has 112 valence electrons. The van der Waals surface area contributed by atoms with E-state index in [1.54, 1.807) is 6.20 Å². The summed E-state index contributed by atoms with van der Waals surface area (Å²) in [6.07, 6.45) is 4.08. The number of rotatable bonds is 3. The molecular formula is C18H17BrN2O. The van der Waals surface area contributed by atoms with E-state index in [9.17, 15) is 4.79 Å². The van der Waals surface area contributed by atoms with Crippen LogP contribution in [-0.4, -0.2) is 29.5 Å². The number of nitrogens with zero attached hydrogens (tertiary/aromatic N) is 1. The van der Waals surface area contributed by atoms with Crippen molar-refractivity contribution in [1.82, 2.24) is 9.88 Å². The zero-order valence-corrected chi connectivity index (χ0v) is 13.8. The number of hydrogen-bond donors (Lipinski definition) is 1. The Balaban J connectivity index is 1.92. The molecule has 4 rings (SSSR count). The Morgan fingerprint density at radius 1 is 1.14 bits per heavy atom. The minimum atomic E-state index is -0.0186. The lowest BCUT2D eigenvalue weighted by molar-refractivity contribution is 0.184. The van der Waals surface area contributed by atoms with Crippen molar-refractivity contribution in [2.24, 2.45) is 0 Å². The molecule has 0 saturated carbocycles. The highest BCUT2D eigenvalue weighted by atomic mass is 79.9. The molecule has 22 heavy (non-hydrogen) atoms. The number of pyridine rings is 1. The van der Waals surface area contributed by atoms with Crippen molar-refractivity contribution in [3.8, 4) is 0 Å². The van der Waals surface area contributed by atoms with E-state index < -0.39 is 0 Å². The van der Waals surface area contributed by atoms with E-state index >= 15 is 0 Å². The first-order valence-corrected chi connectivity index (χ1v) is 8.46. The second-order valence-corrected chi connectivity index (χ2v) is 6.86. The molecule has 3 nitrogen and oxygen atoms in total. The number of halogens is 1. The Morgan fingerprint density at radius 2 is 2.00 bits per heavy atom. The van der Waals surface area contributed by atoms with Crippen LogP contribution in [0, 0.1) is 0 Å². The van der Waals surface area contributed by atoms with Gasteiger partial charge in [-0.15, -0.1) is 0 Å². The lowest BCUT2D eigenvalue weighted by Crippen LogP contribution is -2.38. The van der Waals surface area contributed by atoms with Crippen molar-refractivity contribution >= 4 is 37.5 Å². The summed E-state index contributed by atoms with van der Waals surface area (Å²) in [5.41, 5.74) is 1.31. The fraction of sp³-hybridized carbons (Fsp3) is 0.278. The van der Waals surface area contributed by atoms with E-state index in [0.29, 0.717) is 0 Å². The molecule has 2 heterocycles. The highest BCUT2D eigenvalue weighted by Crippen LogP contribution is 2.29. The van der Waals surface area contributed by atoms with Crippen molar-refractivity contribution < 1.29 is 0 Å². The van der Waals surface area contributed by atoms with Crippen molar-refractivity contribution in [2.75, 3.05) is 19.6 Å². The zero-order chi connectivity index (χ0) is 15.1. The zero-order valence-electron chi connectivity index (χ0n) is 12.2. The average Bonchev–Trinajstić information content (AvgIpc) is 2.45. The number of likely N-dealkylation sites (tertiary alicyclic amines) is 1. The number of fused-ring (bicyclic) bond motifs is 3. The Hall–Kier alpha value is -1.65. The van der Waals surface area contributed by atoms with E-state index in [1.807, 2.05) is 6.07 Å². The molecule has 0 spiro atoms. The van der Waals surface area contributed by atoms with Gasteiger partial charge >= 0.3 is 0 Å². The number of nitrogens with one attached hydrogen (secondary N) is 1. The molecule has 1 aliphatic rings. The first-order valence-electron chi connectivity index (χ1n) is 7.67. The third kappa shape index (κ3) is 2.36. The molecule has 2 aromatic carbocycles. The van der Waals surface area contributed by atoms with E-state index in [1.165, 1.54) is 30.5 Å². The molecule has 4 heteroatoms. The minimum absolute atomic E-state index is 0.0186. The summed E-state index contributed by atoms with van der Waals surface area (Å²) >= 11 is 3.53. The molecular weight excluding hydrogens is 340 g/mol. The largest absolute Gasteiger partial charge is 0.329 e. The van der Waals surface area contributed by atoms with E-state index in [4.69, 9.17) is 0 Å². The average molecular weight is 357 g/mol. The van der Waals surface area contributed by atoms with Gasteiger partial charge in [0.1, 0.15) is 0 Å². The normalized spacial score (nSPS) is 15.3. The molecule has 1 N–H and O–H groups in total. The summed E-state index contributed by atoms with van der Waals surface area (Å²) in [6.45, 7) is 3.54. The van der Waals surface area contributed by atoms with Crippen LogP contribution in [0.2, 0.25) is 0 Å². The summed E-state index contributed by atoms with van der Waals surface area (Å²) in [4.78, 5) is 17.5. The Labute approximate surface area is 137 Å². The van der Waals surface area contributed by atoms with Gasteiger partial charge < -0.3 is 9.88 Å². The number of aromatic nitrogens is 1. The third-order valence-electron chi connectivity index (χ3n) is 4.57. The van der Waals surface area contributed by atoms with Gasteiger partial charge in [0.25, 0.3) is 5.56 Å². The maximum absolute atomic E-state index is 12.3. The molecule has 1 aliphatic heterocycles. The Morgan fingerprint density at radius 3 is 2.77 bits per heavy atom. The number of H-pyrrole nitrogens is 1. The predicted molar refractivity (Wildman–Crippen MR) is 94.5 cm³/mol. The first-order chi connectivity index (χ1) is 10.7. The topological polar surface area (TPSA) is 36.1 Å². The summed E-state index contributed by atoms with van der Waals surface area (Å²) < 4.78 is 1.00. The van der Waals surface area contributed by atoms with Gasteiger partial charge in [-0.25, -0.2) is 0 Å². The quantitative estimate of drug-likeness (QED) is 0.726. The van der Waals surface area contributed by atoms with E-state index in [0.717, 1.165) is 33.6 Å². The van der Waals surface area contributed by atoms with Crippen LogP contribution in [0.4, 0.5) is 0 Å². The smallest absolute Gasteiger partial charge is 0.256 e. The van der Waals surface area contributed by atoms with E-state index in [2.05, 4.69) is 50.1 Å². The molecule has 0 unspecified atom stereocenters. The van der Waals surface area contributed by atoms with Crippen LogP contribution in [-0.2, 0) is 6.42 Å². The monoisotopic (exact) mass is 356 g/mol. The van der Waals surface area contributed by atoms with Gasteiger partial charge in [-0.3, -0.25) is 4.79 Å². The minimum Gasteiger partial charge on any atom is -0.329 e. The number of aromatic amines is 1. The SMILES string of the molecule is O=c1[nH]ccc2cc(CCN3CCC3)c3ccc(Br)cc3c12. The van der Waals surface area contributed by atoms with Gasteiger partial charge in [0.05, 0.1) is 5.39 Å². The Bertz CT molecular complexity index is 912. The lowest BCUT2D eigenvalue weighted by atomic mass is 9.96. The van der Waals surface area contributed by atoms with Crippen LogP contribution >= 0.6 is 15.9 Å².